The Kier molecular flexibility index (Phi) is 2.27. The second kappa shape index (κ2) is 2.93. The molecule has 0 saturated carbocycles. The second-order valence-electron chi connectivity index (χ2n) is 3.97. The van der Waals surface area contributed by atoms with Gasteiger partial charge in [0.05, 0.1) is 0 Å². The van der Waals surface area contributed by atoms with Crippen molar-refractivity contribution >= 4 is 0 Å². The van der Waals surface area contributed by atoms with Crippen molar-refractivity contribution < 1.29 is 0 Å². The predicted molar refractivity (Wildman–Crippen MR) is 55.0 cm³/mol. The minimum atomic E-state index is 0.461. The van der Waals surface area contributed by atoms with E-state index in [1.54, 1.807) is 0 Å². The molecule has 1 aliphatic carbocycles. The maximum absolute atomic E-state index is 4.12. The first kappa shape index (κ1) is 9.31. The molecule has 12 heavy (non-hydrogen) atoms. The molecule has 0 aromatic rings. The Morgan fingerprint density at radius 3 is 1.83 bits per heavy atom. The summed E-state index contributed by atoms with van der Waals surface area (Å²) in [5.74, 6) is 1.04. The van der Waals surface area contributed by atoms with Gasteiger partial charge in [-0.1, -0.05) is 33.9 Å². The molecule has 0 heteroatoms. The number of rotatable bonds is 1. The van der Waals surface area contributed by atoms with E-state index in [-0.39, 0.29) is 0 Å². The largest absolute Gasteiger partial charge is 0.0949 e. The lowest BCUT2D eigenvalue weighted by Gasteiger charge is -2.11. The van der Waals surface area contributed by atoms with Gasteiger partial charge in [-0.3, -0.25) is 0 Å². The smallest absolute Gasteiger partial charge is 0.00549 e. The van der Waals surface area contributed by atoms with Gasteiger partial charge < -0.3 is 0 Å². The van der Waals surface area contributed by atoms with E-state index in [0.717, 1.165) is 0 Å². The van der Waals surface area contributed by atoms with Crippen LogP contribution in [0.2, 0.25) is 0 Å². The first-order valence-corrected chi connectivity index (χ1v) is 4.56. The summed E-state index contributed by atoms with van der Waals surface area (Å²) in [4.78, 5) is 0. The van der Waals surface area contributed by atoms with Crippen molar-refractivity contribution in [2.24, 2.45) is 11.8 Å². The summed E-state index contributed by atoms with van der Waals surface area (Å²) in [7, 11) is 0. The molecule has 0 bridgehead atoms. The van der Waals surface area contributed by atoms with Gasteiger partial charge in [-0.2, -0.15) is 0 Å². The summed E-state index contributed by atoms with van der Waals surface area (Å²) in [6, 6.07) is 0. The zero-order valence-corrected chi connectivity index (χ0v) is 8.57. The van der Waals surface area contributed by atoms with E-state index in [9.17, 15) is 0 Å². The van der Waals surface area contributed by atoms with Crippen molar-refractivity contribution in [2.45, 2.75) is 27.7 Å². The molecule has 0 saturated heterocycles. The van der Waals surface area contributed by atoms with Crippen molar-refractivity contribution in [1.82, 2.24) is 0 Å². The fourth-order valence-electron chi connectivity index (χ4n) is 1.99. The third-order valence-electron chi connectivity index (χ3n) is 2.85. The lowest BCUT2D eigenvalue weighted by atomic mass is 9.94. The molecule has 1 aliphatic rings. The summed E-state index contributed by atoms with van der Waals surface area (Å²) in [6.07, 6.45) is 0. The van der Waals surface area contributed by atoms with Crippen LogP contribution in [0.15, 0.2) is 35.5 Å². The summed E-state index contributed by atoms with van der Waals surface area (Å²) in [5, 5.41) is 0. The van der Waals surface area contributed by atoms with Gasteiger partial charge in [0, 0.05) is 5.92 Å². The van der Waals surface area contributed by atoms with Crippen molar-refractivity contribution in [3.63, 3.8) is 0 Å². The Labute approximate surface area is 75.7 Å². The van der Waals surface area contributed by atoms with E-state index in [4.69, 9.17) is 0 Å². The van der Waals surface area contributed by atoms with Gasteiger partial charge in [-0.25, -0.2) is 0 Å². The second-order valence-corrected chi connectivity index (χ2v) is 3.97. The molecule has 1 unspecified atom stereocenters. The molecule has 0 N–H and O–H groups in total. The standard InChI is InChI=1S/C12H18/c1-7(2)12-10(5)8(3)9(4)11(12)6/h7,9H,3,6H2,1-2,4-5H3. The molecule has 1 atom stereocenters. The lowest BCUT2D eigenvalue weighted by Crippen LogP contribution is -1.97. The van der Waals surface area contributed by atoms with Crippen LogP contribution < -0.4 is 0 Å². The molecule has 0 heterocycles. The normalized spacial score (nSPS) is 24.6. The minimum Gasteiger partial charge on any atom is -0.0949 e. The molecule has 0 aliphatic heterocycles. The average molecular weight is 162 g/mol. The van der Waals surface area contributed by atoms with Crippen molar-refractivity contribution in [3.8, 4) is 0 Å². The van der Waals surface area contributed by atoms with Gasteiger partial charge in [-0.05, 0) is 35.1 Å². The topological polar surface area (TPSA) is 0 Å². The Morgan fingerprint density at radius 2 is 1.67 bits per heavy atom. The van der Waals surface area contributed by atoms with E-state index in [2.05, 4.69) is 40.9 Å². The zero-order valence-electron chi connectivity index (χ0n) is 8.57. The summed E-state index contributed by atoms with van der Waals surface area (Å²) < 4.78 is 0. The summed E-state index contributed by atoms with van der Waals surface area (Å²) in [5.41, 5.74) is 5.31. The first-order chi connectivity index (χ1) is 5.46. The van der Waals surface area contributed by atoms with E-state index in [1.807, 2.05) is 0 Å². The molecule has 66 valence electrons. The van der Waals surface area contributed by atoms with Crippen LogP contribution in [0.1, 0.15) is 27.7 Å². The SMILES string of the molecule is C=C1C(C)=C(C(C)C)C(=C)C1C. The van der Waals surface area contributed by atoms with Crippen molar-refractivity contribution in [3.05, 3.63) is 35.5 Å². The molecule has 0 amide bonds. The van der Waals surface area contributed by atoms with Crippen LogP contribution in [0.3, 0.4) is 0 Å². The van der Waals surface area contributed by atoms with Gasteiger partial charge in [0.15, 0.2) is 0 Å². The quantitative estimate of drug-likeness (QED) is 0.551. The number of hydrogen-bond acceptors (Lipinski definition) is 0. The molecule has 0 radical (unpaired) electrons. The van der Waals surface area contributed by atoms with Crippen molar-refractivity contribution in [2.75, 3.05) is 0 Å². The Morgan fingerprint density at radius 1 is 1.17 bits per heavy atom. The van der Waals surface area contributed by atoms with Crippen LogP contribution in [-0.2, 0) is 0 Å². The molecule has 1 rings (SSSR count). The molecule has 0 aromatic heterocycles. The van der Waals surface area contributed by atoms with Crippen LogP contribution in [0.5, 0.6) is 0 Å². The predicted octanol–water partition coefficient (Wildman–Crippen LogP) is 3.72. The first-order valence-electron chi connectivity index (χ1n) is 4.56. The van der Waals surface area contributed by atoms with Gasteiger partial charge in [0.2, 0.25) is 0 Å². The molecule has 0 aromatic carbocycles. The van der Waals surface area contributed by atoms with Crippen molar-refractivity contribution in [1.29, 1.82) is 0 Å². The van der Waals surface area contributed by atoms with E-state index < -0.39 is 0 Å². The van der Waals surface area contributed by atoms with Gasteiger partial charge >= 0.3 is 0 Å². The van der Waals surface area contributed by atoms with Crippen LogP contribution in [0.4, 0.5) is 0 Å². The maximum atomic E-state index is 4.12. The third kappa shape index (κ3) is 1.16. The van der Waals surface area contributed by atoms with E-state index >= 15 is 0 Å². The van der Waals surface area contributed by atoms with E-state index in [1.165, 1.54) is 22.3 Å². The van der Waals surface area contributed by atoms with Gasteiger partial charge in [-0.15, -0.1) is 0 Å². The van der Waals surface area contributed by atoms with Crippen LogP contribution in [-0.4, -0.2) is 0 Å². The van der Waals surface area contributed by atoms with Crippen LogP contribution in [0.25, 0.3) is 0 Å². The highest BCUT2D eigenvalue weighted by atomic mass is 14.3. The highest BCUT2D eigenvalue weighted by molar-refractivity contribution is 5.54. The Bertz CT molecular complexity index is 264. The van der Waals surface area contributed by atoms with Gasteiger partial charge in [0.1, 0.15) is 0 Å². The number of allylic oxidation sites excluding steroid dienone is 4. The molecular formula is C12H18. The highest BCUT2D eigenvalue weighted by Crippen LogP contribution is 2.41. The number of hydrogen-bond donors (Lipinski definition) is 0. The zero-order chi connectivity index (χ0) is 9.46. The van der Waals surface area contributed by atoms with Crippen LogP contribution >= 0.6 is 0 Å². The highest BCUT2D eigenvalue weighted by Gasteiger charge is 2.26. The fraction of sp³-hybridized carbons (Fsp3) is 0.500. The molecular weight excluding hydrogens is 144 g/mol. The molecule has 0 spiro atoms. The fourth-order valence-corrected chi connectivity index (χ4v) is 1.99. The van der Waals surface area contributed by atoms with E-state index in [0.29, 0.717) is 11.8 Å². The molecule has 0 fully saturated rings. The Balaban J connectivity index is 3.13. The monoisotopic (exact) mass is 162 g/mol. The van der Waals surface area contributed by atoms with Gasteiger partial charge in [0.25, 0.3) is 0 Å². The minimum absolute atomic E-state index is 0.461. The average Bonchev–Trinajstić information content (AvgIpc) is 2.16. The van der Waals surface area contributed by atoms with Crippen LogP contribution in [0, 0.1) is 11.8 Å². The summed E-state index contributed by atoms with van der Waals surface area (Å²) in [6.45, 7) is 17.0. The summed E-state index contributed by atoms with van der Waals surface area (Å²) >= 11 is 0. The maximum Gasteiger partial charge on any atom is 0.00549 e. The lowest BCUT2D eigenvalue weighted by molar-refractivity contribution is 0.755. The third-order valence-corrected chi connectivity index (χ3v) is 2.85. The Hall–Kier alpha value is -0.780. The molecule has 0 nitrogen and oxygen atoms in total.